The summed E-state index contributed by atoms with van der Waals surface area (Å²) in [5.74, 6) is 1.05. The maximum Gasteiger partial charge on any atom is 0.0491 e. The average molecular weight is 368 g/mol. The molecule has 0 unspecified atom stereocenters. The maximum absolute atomic E-state index is 4.27. The third kappa shape index (κ3) is 5.07. The summed E-state index contributed by atoms with van der Waals surface area (Å²) in [5, 5.41) is 2.78. The van der Waals surface area contributed by atoms with Gasteiger partial charge in [0.2, 0.25) is 0 Å². The number of unbranched alkanes of at least 4 members (excludes halogenated alkanes) is 9. The van der Waals surface area contributed by atoms with Gasteiger partial charge in [0.25, 0.3) is 0 Å². The van der Waals surface area contributed by atoms with Crippen molar-refractivity contribution in [1.29, 1.82) is 0 Å². The molecule has 0 radical (unpaired) electrons. The van der Waals surface area contributed by atoms with Crippen LogP contribution < -0.4 is 0 Å². The number of aromatic nitrogens is 1. The van der Waals surface area contributed by atoms with Crippen molar-refractivity contribution < 1.29 is 0 Å². The van der Waals surface area contributed by atoms with Crippen LogP contribution in [0.4, 0.5) is 0 Å². The number of nitrogens with zero attached hydrogens (tertiary/aromatic N) is 1. The van der Waals surface area contributed by atoms with Crippen molar-refractivity contribution in [2.75, 3.05) is 5.75 Å². The van der Waals surface area contributed by atoms with Crippen LogP contribution in [0.5, 0.6) is 0 Å². The Morgan fingerprint density at radius 2 is 0.962 bits per heavy atom. The van der Waals surface area contributed by atoms with Gasteiger partial charge in [-0.05, 0) is 30.7 Å². The van der Waals surface area contributed by atoms with E-state index in [1.165, 1.54) is 86.0 Å². The largest absolute Gasteiger partial charge is 0.340 e. The van der Waals surface area contributed by atoms with Gasteiger partial charge in [-0.2, -0.15) is 12.6 Å². The van der Waals surface area contributed by atoms with E-state index in [2.05, 4.69) is 65.7 Å². The van der Waals surface area contributed by atoms with Crippen molar-refractivity contribution in [2.24, 2.45) is 0 Å². The Morgan fingerprint density at radius 3 is 1.46 bits per heavy atom. The number of hydrogen-bond acceptors (Lipinski definition) is 1. The molecule has 1 heterocycles. The lowest BCUT2D eigenvalue weighted by Gasteiger charge is -2.07. The Bertz CT molecular complexity index is 736. The molecule has 0 aliphatic carbocycles. The molecular weight excluding hydrogens is 334 g/mol. The summed E-state index contributed by atoms with van der Waals surface area (Å²) in [5.41, 5.74) is 2.77. The Balaban J connectivity index is 1.41. The molecule has 26 heavy (non-hydrogen) atoms. The highest BCUT2D eigenvalue weighted by atomic mass is 32.1. The molecule has 0 aliphatic heterocycles. The lowest BCUT2D eigenvalue weighted by molar-refractivity contribution is 0.542. The van der Waals surface area contributed by atoms with Crippen LogP contribution in [0.25, 0.3) is 21.8 Å². The van der Waals surface area contributed by atoms with Gasteiger partial charge in [0.05, 0.1) is 0 Å². The standard InChI is InChI=1S/C24H33NS/c26-20-14-8-6-4-2-1-3-5-7-13-19-25-23-17-11-9-15-21(23)22-16-10-12-18-24(22)25/h9-12,15-18,26H,1-8,13-14,19-20H2. The van der Waals surface area contributed by atoms with Crippen molar-refractivity contribution >= 4 is 34.4 Å². The first-order valence-corrected chi connectivity index (χ1v) is 11.1. The number of hydrogen-bond donors (Lipinski definition) is 1. The Labute approximate surface area is 164 Å². The second-order valence-corrected chi connectivity index (χ2v) is 7.89. The first-order valence-electron chi connectivity index (χ1n) is 10.5. The SMILES string of the molecule is SCCCCCCCCCCCCn1c2ccccc2c2ccccc21. The zero-order chi connectivity index (χ0) is 18.0. The number of thiol groups is 1. The number of aryl methyl sites for hydroxylation is 1. The van der Waals surface area contributed by atoms with Gasteiger partial charge in [0, 0.05) is 28.4 Å². The smallest absolute Gasteiger partial charge is 0.0491 e. The molecule has 0 fully saturated rings. The molecule has 3 aromatic rings. The minimum absolute atomic E-state index is 1.05. The molecule has 0 saturated heterocycles. The van der Waals surface area contributed by atoms with Crippen LogP contribution in [0.3, 0.4) is 0 Å². The van der Waals surface area contributed by atoms with Gasteiger partial charge in [-0.1, -0.05) is 87.8 Å². The molecule has 1 aromatic heterocycles. The van der Waals surface area contributed by atoms with E-state index in [1.807, 2.05) is 0 Å². The number of rotatable bonds is 12. The van der Waals surface area contributed by atoms with Crippen LogP contribution in [-0.2, 0) is 6.54 Å². The maximum atomic E-state index is 4.27. The molecule has 0 aliphatic rings. The summed E-state index contributed by atoms with van der Waals surface area (Å²) in [6, 6.07) is 17.7. The number of para-hydroxylation sites is 2. The molecule has 2 aromatic carbocycles. The summed E-state index contributed by atoms with van der Waals surface area (Å²) in [6.07, 6.45) is 13.7. The van der Waals surface area contributed by atoms with E-state index in [4.69, 9.17) is 0 Å². The molecule has 1 nitrogen and oxygen atoms in total. The molecule has 2 heteroatoms. The Kier molecular flexibility index (Phi) is 7.94. The summed E-state index contributed by atoms with van der Waals surface area (Å²) in [6.45, 7) is 1.14. The van der Waals surface area contributed by atoms with Crippen LogP contribution in [0.2, 0.25) is 0 Å². The van der Waals surface area contributed by atoms with E-state index in [0.29, 0.717) is 0 Å². The molecule has 0 saturated carbocycles. The molecule has 0 spiro atoms. The van der Waals surface area contributed by atoms with Crippen molar-refractivity contribution in [3.63, 3.8) is 0 Å². The van der Waals surface area contributed by atoms with Crippen LogP contribution in [0.15, 0.2) is 48.5 Å². The highest BCUT2D eigenvalue weighted by Gasteiger charge is 2.08. The van der Waals surface area contributed by atoms with Crippen molar-refractivity contribution in [3.8, 4) is 0 Å². The molecule has 140 valence electrons. The fourth-order valence-corrected chi connectivity index (χ4v) is 4.26. The lowest BCUT2D eigenvalue weighted by atomic mass is 10.1. The predicted molar refractivity (Wildman–Crippen MR) is 119 cm³/mol. The second-order valence-electron chi connectivity index (χ2n) is 7.45. The molecule has 3 rings (SSSR count). The number of benzene rings is 2. The van der Waals surface area contributed by atoms with E-state index in [0.717, 1.165) is 12.3 Å². The molecule has 0 N–H and O–H groups in total. The molecule has 0 bridgehead atoms. The van der Waals surface area contributed by atoms with Gasteiger partial charge in [-0.25, -0.2) is 0 Å². The summed E-state index contributed by atoms with van der Waals surface area (Å²) >= 11 is 4.27. The highest BCUT2D eigenvalue weighted by molar-refractivity contribution is 7.80. The molecule has 0 amide bonds. The highest BCUT2D eigenvalue weighted by Crippen LogP contribution is 2.29. The lowest BCUT2D eigenvalue weighted by Crippen LogP contribution is -1.97. The normalized spacial score (nSPS) is 11.6. The third-order valence-electron chi connectivity index (χ3n) is 5.47. The second kappa shape index (κ2) is 10.7. The third-order valence-corrected chi connectivity index (χ3v) is 5.79. The predicted octanol–water partition coefficient (Wildman–Crippen LogP) is 7.63. The van der Waals surface area contributed by atoms with Crippen molar-refractivity contribution in [1.82, 2.24) is 4.57 Å². The average Bonchev–Trinajstić information content (AvgIpc) is 3.00. The van der Waals surface area contributed by atoms with Gasteiger partial charge in [0.1, 0.15) is 0 Å². The fourth-order valence-electron chi connectivity index (χ4n) is 4.04. The molecule has 0 atom stereocenters. The topological polar surface area (TPSA) is 4.93 Å². The zero-order valence-corrected chi connectivity index (χ0v) is 16.9. The van der Waals surface area contributed by atoms with Crippen LogP contribution in [-0.4, -0.2) is 10.3 Å². The van der Waals surface area contributed by atoms with Gasteiger partial charge in [-0.15, -0.1) is 0 Å². The Hall–Kier alpha value is -1.41. The van der Waals surface area contributed by atoms with Gasteiger partial charge >= 0.3 is 0 Å². The Morgan fingerprint density at radius 1 is 0.538 bits per heavy atom. The van der Waals surface area contributed by atoms with Crippen molar-refractivity contribution in [2.45, 2.75) is 70.8 Å². The fraction of sp³-hybridized carbons (Fsp3) is 0.500. The van der Waals surface area contributed by atoms with E-state index < -0.39 is 0 Å². The quantitative estimate of drug-likeness (QED) is 0.248. The van der Waals surface area contributed by atoms with Gasteiger partial charge in [-0.3, -0.25) is 0 Å². The van der Waals surface area contributed by atoms with Gasteiger partial charge < -0.3 is 4.57 Å². The summed E-state index contributed by atoms with van der Waals surface area (Å²) < 4.78 is 2.52. The summed E-state index contributed by atoms with van der Waals surface area (Å²) in [7, 11) is 0. The van der Waals surface area contributed by atoms with Gasteiger partial charge in [0.15, 0.2) is 0 Å². The van der Waals surface area contributed by atoms with E-state index in [9.17, 15) is 0 Å². The monoisotopic (exact) mass is 367 g/mol. The zero-order valence-electron chi connectivity index (χ0n) is 16.0. The minimum atomic E-state index is 1.05. The first kappa shape index (κ1) is 19.4. The van der Waals surface area contributed by atoms with Crippen molar-refractivity contribution in [3.05, 3.63) is 48.5 Å². The van der Waals surface area contributed by atoms with Crippen LogP contribution in [0, 0.1) is 0 Å². The number of fused-ring (bicyclic) bond motifs is 3. The van der Waals surface area contributed by atoms with E-state index in [-0.39, 0.29) is 0 Å². The van der Waals surface area contributed by atoms with Crippen LogP contribution >= 0.6 is 12.6 Å². The minimum Gasteiger partial charge on any atom is -0.340 e. The first-order chi connectivity index (χ1) is 12.9. The van der Waals surface area contributed by atoms with E-state index >= 15 is 0 Å². The molecular formula is C24H33NS. The van der Waals surface area contributed by atoms with E-state index in [1.54, 1.807) is 0 Å². The van der Waals surface area contributed by atoms with Crippen LogP contribution in [0.1, 0.15) is 64.2 Å². The summed E-state index contributed by atoms with van der Waals surface area (Å²) in [4.78, 5) is 0.